The number of nitrogens with one attached hydrogen (secondary N) is 1. The van der Waals surface area contributed by atoms with Gasteiger partial charge in [0.05, 0.1) is 17.0 Å². The topological polar surface area (TPSA) is 65.0 Å². The fraction of sp³-hybridized carbons (Fsp3) is 0.941. The standard InChI is InChI=1S/C17H34N4O2S/c1-5-18-16(19-8-10-20-9-6-7-15(2)13-20)21-11-12-24(22,23)17(3,4)14-21/h15H,5-14H2,1-4H3,(H,18,19). The van der Waals surface area contributed by atoms with Gasteiger partial charge >= 0.3 is 0 Å². The van der Waals surface area contributed by atoms with E-state index < -0.39 is 14.6 Å². The van der Waals surface area contributed by atoms with E-state index in [-0.39, 0.29) is 5.75 Å². The lowest BCUT2D eigenvalue weighted by Gasteiger charge is -2.39. The summed E-state index contributed by atoms with van der Waals surface area (Å²) in [5.74, 6) is 1.84. The predicted octanol–water partition coefficient (Wildman–Crippen LogP) is 1.19. The molecule has 2 saturated heterocycles. The van der Waals surface area contributed by atoms with E-state index in [4.69, 9.17) is 4.99 Å². The van der Waals surface area contributed by atoms with Crippen molar-refractivity contribution in [2.45, 2.75) is 45.3 Å². The highest BCUT2D eigenvalue weighted by Crippen LogP contribution is 2.23. The minimum absolute atomic E-state index is 0.202. The Kier molecular flexibility index (Phi) is 6.53. The molecule has 0 aromatic carbocycles. The van der Waals surface area contributed by atoms with E-state index in [1.54, 1.807) is 0 Å². The third kappa shape index (κ3) is 4.85. The Balaban J connectivity index is 1.95. The third-order valence-electron chi connectivity index (χ3n) is 5.10. The van der Waals surface area contributed by atoms with Crippen molar-refractivity contribution in [2.75, 3.05) is 51.6 Å². The molecule has 0 spiro atoms. The summed E-state index contributed by atoms with van der Waals surface area (Å²) in [6.45, 7) is 13.9. The fourth-order valence-electron chi connectivity index (χ4n) is 3.54. The van der Waals surface area contributed by atoms with Crippen molar-refractivity contribution in [2.24, 2.45) is 10.9 Å². The lowest BCUT2D eigenvalue weighted by atomic mass is 10.0. The first-order valence-electron chi connectivity index (χ1n) is 9.23. The number of sulfone groups is 1. The Bertz CT molecular complexity index is 545. The minimum Gasteiger partial charge on any atom is -0.357 e. The molecule has 2 fully saturated rings. The quantitative estimate of drug-likeness (QED) is 0.604. The van der Waals surface area contributed by atoms with Crippen LogP contribution in [0.4, 0.5) is 0 Å². The molecule has 0 radical (unpaired) electrons. The van der Waals surface area contributed by atoms with Crippen molar-refractivity contribution in [3.63, 3.8) is 0 Å². The van der Waals surface area contributed by atoms with Crippen molar-refractivity contribution in [1.82, 2.24) is 15.1 Å². The average molecular weight is 359 g/mol. The molecule has 2 aliphatic heterocycles. The summed E-state index contributed by atoms with van der Waals surface area (Å²) in [5, 5.41) is 3.33. The molecular formula is C17H34N4O2S. The molecule has 0 aromatic heterocycles. The first kappa shape index (κ1) is 19.5. The van der Waals surface area contributed by atoms with E-state index in [1.165, 1.54) is 25.9 Å². The number of piperidine rings is 1. The smallest absolute Gasteiger partial charge is 0.194 e. The van der Waals surface area contributed by atoms with Gasteiger partial charge in [0.25, 0.3) is 0 Å². The van der Waals surface area contributed by atoms with Crippen LogP contribution in [0.5, 0.6) is 0 Å². The number of rotatable bonds is 4. The number of hydrogen-bond donors (Lipinski definition) is 1. The van der Waals surface area contributed by atoms with Crippen LogP contribution in [0.1, 0.15) is 40.5 Å². The van der Waals surface area contributed by atoms with E-state index >= 15 is 0 Å². The van der Waals surface area contributed by atoms with Crippen LogP contribution in [0.15, 0.2) is 4.99 Å². The molecule has 24 heavy (non-hydrogen) atoms. The van der Waals surface area contributed by atoms with Crippen LogP contribution in [0, 0.1) is 5.92 Å². The van der Waals surface area contributed by atoms with E-state index in [2.05, 4.69) is 22.0 Å². The molecule has 2 heterocycles. The summed E-state index contributed by atoms with van der Waals surface area (Å²) in [5.41, 5.74) is 0. The van der Waals surface area contributed by atoms with Crippen molar-refractivity contribution in [3.8, 4) is 0 Å². The second-order valence-corrected chi connectivity index (χ2v) is 10.5. The maximum Gasteiger partial charge on any atom is 0.194 e. The average Bonchev–Trinajstić information content (AvgIpc) is 2.49. The number of nitrogens with zero attached hydrogens (tertiary/aromatic N) is 3. The van der Waals surface area contributed by atoms with Gasteiger partial charge in [0, 0.05) is 32.7 Å². The first-order valence-corrected chi connectivity index (χ1v) is 10.9. The molecule has 1 atom stereocenters. The summed E-state index contributed by atoms with van der Waals surface area (Å²) < 4.78 is 23.7. The summed E-state index contributed by atoms with van der Waals surface area (Å²) >= 11 is 0. The number of guanidine groups is 1. The Morgan fingerprint density at radius 2 is 2.08 bits per heavy atom. The molecule has 0 aromatic rings. The molecule has 0 aliphatic carbocycles. The first-order chi connectivity index (χ1) is 11.2. The zero-order chi connectivity index (χ0) is 17.8. The van der Waals surface area contributed by atoms with Gasteiger partial charge in [-0.25, -0.2) is 8.42 Å². The van der Waals surface area contributed by atoms with Gasteiger partial charge in [0.2, 0.25) is 0 Å². The molecule has 2 aliphatic rings. The fourth-order valence-corrected chi connectivity index (χ4v) is 4.90. The van der Waals surface area contributed by atoms with E-state index in [0.717, 1.165) is 31.5 Å². The molecule has 1 N–H and O–H groups in total. The van der Waals surface area contributed by atoms with Crippen LogP contribution in [0.2, 0.25) is 0 Å². The van der Waals surface area contributed by atoms with Crippen LogP contribution < -0.4 is 5.32 Å². The Hall–Kier alpha value is -0.820. The SMILES string of the molecule is CCNC(=NCCN1CCCC(C)C1)N1CCS(=O)(=O)C(C)(C)C1. The predicted molar refractivity (Wildman–Crippen MR) is 100 cm³/mol. The Morgan fingerprint density at radius 3 is 2.71 bits per heavy atom. The normalized spacial score (nSPS) is 27.9. The molecule has 2 rings (SSSR count). The molecule has 0 bridgehead atoms. The minimum atomic E-state index is -3.02. The van der Waals surface area contributed by atoms with Gasteiger partial charge in [-0.2, -0.15) is 0 Å². The molecule has 140 valence electrons. The molecule has 0 saturated carbocycles. The van der Waals surface area contributed by atoms with Crippen LogP contribution in [0.25, 0.3) is 0 Å². The van der Waals surface area contributed by atoms with Crippen LogP contribution in [-0.2, 0) is 9.84 Å². The highest BCUT2D eigenvalue weighted by Gasteiger charge is 2.40. The lowest BCUT2D eigenvalue weighted by molar-refractivity contribution is 0.188. The van der Waals surface area contributed by atoms with Crippen molar-refractivity contribution in [3.05, 3.63) is 0 Å². The summed E-state index contributed by atoms with van der Waals surface area (Å²) in [6, 6.07) is 0. The van der Waals surface area contributed by atoms with Gasteiger partial charge in [-0.1, -0.05) is 6.92 Å². The summed E-state index contributed by atoms with van der Waals surface area (Å²) in [6.07, 6.45) is 2.61. The van der Waals surface area contributed by atoms with Crippen LogP contribution >= 0.6 is 0 Å². The molecule has 7 heteroatoms. The van der Waals surface area contributed by atoms with Gasteiger partial charge in [-0.15, -0.1) is 0 Å². The van der Waals surface area contributed by atoms with E-state index in [0.29, 0.717) is 13.1 Å². The maximum atomic E-state index is 12.2. The van der Waals surface area contributed by atoms with Gasteiger partial charge in [-0.3, -0.25) is 4.99 Å². The molecular weight excluding hydrogens is 324 g/mol. The van der Waals surface area contributed by atoms with Crippen molar-refractivity contribution < 1.29 is 8.42 Å². The highest BCUT2D eigenvalue weighted by atomic mass is 32.2. The molecule has 6 nitrogen and oxygen atoms in total. The Morgan fingerprint density at radius 1 is 1.33 bits per heavy atom. The third-order valence-corrected chi connectivity index (χ3v) is 7.63. The van der Waals surface area contributed by atoms with Gasteiger partial charge in [0.15, 0.2) is 15.8 Å². The van der Waals surface area contributed by atoms with Crippen LogP contribution in [0.3, 0.4) is 0 Å². The summed E-state index contributed by atoms with van der Waals surface area (Å²) in [4.78, 5) is 9.36. The van der Waals surface area contributed by atoms with Gasteiger partial charge < -0.3 is 15.1 Å². The number of aliphatic imine (C=N–C) groups is 1. The van der Waals surface area contributed by atoms with Crippen molar-refractivity contribution in [1.29, 1.82) is 0 Å². The maximum absolute atomic E-state index is 12.2. The largest absolute Gasteiger partial charge is 0.357 e. The van der Waals surface area contributed by atoms with Crippen molar-refractivity contribution >= 4 is 15.8 Å². The zero-order valence-corrected chi connectivity index (χ0v) is 16.5. The number of likely N-dealkylation sites (tertiary alicyclic amines) is 1. The van der Waals surface area contributed by atoms with Gasteiger partial charge in [0.1, 0.15) is 0 Å². The Labute approximate surface area is 147 Å². The highest BCUT2D eigenvalue weighted by molar-refractivity contribution is 7.92. The molecule has 0 amide bonds. The second-order valence-electron chi connectivity index (χ2n) is 7.78. The second kappa shape index (κ2) is 8.04. The summed E-state index contributed by atoms with van der Waals surface area (Å²) in [7, 11) is -3.02. The van der Waals surface area contributed by atoms with E-state index in [1.807, 2.05) is 20.8 Å². The van der Waals surface area contributed by atoms with Gasteiger partial charge in [-0.05, 0) is 46.1 Å². The number of hydrogen-bond acceptors (Lipinski definition) is 4. The molecule has 1 unspecified atom stereocenters. The monoisotopic (exact) mass is 358 g/mol. The van der Waals surface area contributed by atoms with Crippen LogP contribution in [-0.4, -0.2) is 80.5 Å². The zero-order valence-electron chi connectivity index (χ0n) is 15.7. The van der Waals surface area contributed by atoms with E-state index in [9.17, 15) is 8.42 Å². The lowest BCUT2D eigenvalue weighted by Crippen LogP contribution is -2.57.